The molecule has 0 radical (unpaired) electrons. The first-order valence-electron chi connectivity index (χ1n) is 4.80. The highest BCUT2D eigenvalue weighted by Gasteiger charge is 2.27. The second-order valence-corrected chi connectivity index (χ2v) is 6.10. The van der Waals surface area contributed by atoms with Crippen LogP contribution < -0.4 is 11.1 Å². The van der Waals surface area contributed by atoms with Crippen molar-refractivity contribution in [2.45, 2.75) is 12.5 Å². The monoisotopic (exact) mass is 236 g/mol. The number of nitrogens with one attached hydrogen (secondary N) is 1. The molecule has 0 aromatic carbocycles. The molecule has 1 rings (SSSR count). The van der Waals surface area contributed by atoms with Gasteiger partial charge in [-0.1, -0.05) is 0 Å². The van der Waals surface area contributed by atoms with Crippen molar-refractivity contribution in [2.24, 2.45) is 11.7 Å². The van der Waals surface area contributed by atoms with Gasteiger partial charge in [0, 0.05) is 6.54 Å². The fourth-order valence-electron chi connectivity index (χ4n) is 1.56. The predicted octanol–water partition coefficient (Wildman–Crippen LogP) is -1.58. The van der Waals surface area contributed by atoms with E-state index in [1.54, 1.807) is 0 Å². The van der Waals surface area contributed by atoms with E-state index < -0.39 is 21.8 Å². The van der Waals surface area contributed by atoms with Gasteiger partial charge >= 0.3 is 5.97 Å². The maximum Gasteiger partial charge on any atom is 0.321 e. The molecule has 7 heteroatoms. The van der Waals surface area contributed by atoms with Crippen molar-refractivity contribution in [1.29, 1.82) is 0 Å². The van der Waals surface area contributed by atoms with Gasteiger partial charge in [0.25, 0.3) is 0 Å². The third-order valence-corrected chi connectivity index (χ3v) is 4.28. The Morgan fingerprint density at radius 3 is 2.73 bits per heavy atom. The van der Waals surface area contributed by atoms with Crippen LogP contribution in [0.5, 0.6) is 0 Å². The summed E-state index contributed by atoms with van der Waals surface area (Å²) in [6.45, 7) is 0.687. The van der Waals surface area contributed by atoms with Gasteiger partial charge in [0.15, 0.2) is 9.84 Å². The third kappa shape index (κ3) is 4.15. The zero-order valence-electron chi connectivity index (χ0n) is 8.35. The van der Waals surface area contributed by atoms with Gasteiger partial charge in [-0.25, -0.2) is 8.42 Å². The number of carbonyl (C=O) groups is 1. The quantitative estimate of drug-likeness (QED) is 0.531. The lowest BCUT2D eigenvalue weighted by molar-refractivity contribution is -0.138. The summed E-state index contributed by atoms with van der Waals surface area (Å²) in [6, 6.07) is -0.928. The summed E-state index contributed by atoms with van der Waals surface area (Å²) in [5, 5.41) is 11.4. The standard InChI is InChI=1S/C8H16N2O4S/c9-7(8(11)12)4-10-3-6-1-2-15(13,14)5-6/h6-7,10H,1-5,9H2,(H,11,12). The topological polar surface area (TPSA) is 109 Å². The molecule has 1 aliphatic heterocycles. The number of carboxylic acid groups (broad SMARTS) is 1. The molecule has 1 aliphatic rings. The van der Waals surface area contributed by atoms with Gasteiger partial charge in [0.2, 0.25) is 0 Å². The average Bonchev–Trinajstić information content (AvgIpc) is 2.45. The van der Waals surface area contributed by atoms with Crippen molar-refractivity contribution in [1.82, 2.24) is 5.32 Å². The minimum atomic E-state index is -2.85. The summed E-state index contributed by atoms with van der Waals surface area (Å²) in [7, 11) is -2.85. The second-order valence-electron chi connectivity index (χ2n) is 3.87. The Balaban J connectivity index is 2.20. The normalized spacial score (nSPS) is 26.3. The largest absolute Gasteiger partial charge is 0.480 e. The van der Waals surface area contributed by atoms with E-state index in [1.165, 1.54) is 0 Å². The number of nitrogens with two attached hydrogens (primary N) is 1. The summed E-state index contributed by atoms with van der Waals surface area (Å²) in [5.41, 5.74) is 5.27. The molecule has 0 bridgehead atoms. The Kier molecular flexibility index (Phi) is 4.06. The molecule has 0 spiro atoms. The number of hydrogen-bond donors (Lipinski definition) is 3. The van der Waals surface area contributed by atoms with E-state index in [0.29, 0.717) is 13.0 Å². The van der Waals surface area contributed by atoms with Gasteiger partial charge in [-0.2, -0.15) is 0 Å². The molecular formula is C8H16N2O4S. The number of sulfone groups is 1. The molecule has 1 fully saturated rings. The molecule has 0 saturated carbocycles. The van der Waals surface area contributed by atoms with E-state index in [4.69, 9.17) is 10.8 Å². The van der Waals surface area contributed by atoms with E-state index in [1.807, 2.05) is 0 Å². The summed E-state index contributed by atoms with van der Waals surface area (Å²) >= 11 is 0. The van der Waals surface area contributed by atoms with E-state index in [0.717, 1.165) is 0 Å². The average molecular weight is 236 g/mol. The zero-order valence-corrected chi connectivity index (χ0v) is 9.16. The molecule has 15 heavy (non-hydrogen) atoms. The van der Waals surface area contributed by atoms with Crippen molar-refractivity contribution in [3.63, 3.8) is 0 Å². The lowest BCUT2D eigenvalue weighted by atomic mass is 10.1. The Labute approximate surface area is 88.8 Å². The Bertz CT molecular complexity index is 328. The predicted molar refractivity (Wildman–Crippen MR) is 55.2 cm³/mol. The van der Waals surface area contributed by atoms with E-state index in [2.05, 4.69) is 5.32 Å². The van der Waals surface area contributed by atoms with Crippen LogP contribution in [0.25, 0.3) is 0 Å². The molecule has 0 aromatic rings. The molecule has 1 saturated heterocycles. The summed E-state index contributed by atoms with van der Waals surface area (Å²) < 4.78 is 22.2. The van der Waals surface area contributed by atoms with Crippen LogP contribution >= 0.6 is 0 Å². The molecule has 0 aliphatic carbocycles. The maximum atomic E-state index is 11.1. The first kappa shape index (κ1) is 12.4. The van der Waals surface area contributed by atoms with E-state index in [-0.39, 0.29) is 24.0 Å². The van der Waals surface area contributed by atoms with Gasteiger partial charge in [0.1, 0.15) is 6.04 Å². The smallest absolute Gasteiger partial charge is 0.321 e. The minimum absolute atomic E-state index is 0.0935. The molecule has 88 valence electrons. The lowest BCUT2D eigenvalue weighted by Gasteiger charge is -2.11. The number of hydrogen-bond acceptors (Lipinski definition) is 5. The highest BCUT2D eigenvalue weighted by molar-refractivity contribution is 7.91. The van der Waals surface area contributed by atoms with Crippen molar-refractivity contribution in [3.05, 3.63) is 0 Å². The maximum absolute atomic E-state index is 11.1. The first-order valence-corrected chi connectivity index (χ1v) is 6.62. The highest BCUT2D eigenvalue weighted by Crippen LogP contribution is 2.17. The molecular weight excluding hydrogens is 220 g/mol. The van der Waals surface area contributed by atoms with Crippen LogP contribution in [0.15, 0.2) is 0 Å². The fraction of sp³-hybridized carbons (Fsp3) is 0.875. The summed E-state index contributed by atoms with van der Waals surface area (Å²) in [4.78, 5) is 10.4. The molecule has 2 unspecified atom stereocenters. The number of rotatable bonds is 5. The van der Waals surface area contributed by atoms with Crippen LogP contribution in [0.2, 0.25) is 0 Å². The van der Waals surface area contributed by atoms with Gasteiger partial charge in [0.05, 0.1) is 11.5 Å². The Morgan fingerprint density at radius 1 is 1.60 bits per heavy atom. The van der Waals surface area contributed by atoms with Gasteiger partial charge in [-0.3, -0.25) is 4.79 Å². The molecule has 0 aromatic heterocycles. The van der Waals surface area contributed by atoms with Crippen LogP contribution in [-0.4, -0.2) is 50.1 Å². The Hall–Kier alpha value is -0.660. The number of carboxylic acids is 1. The number of aliphatic carboxylic acids is 1. The molecule has 1 heterocycles. The Morgan fingerprint density at radius 2 is 2.27 bits per heavy atom. The molecule has 2 atom stereocenters. The van der Waals surface area contributed by atoms with Crippen LogP contribution in [-0.2, 0) is 14.6 Å². The van der Waals surface area contributed by atoms with Crippen molar-refractivity contribution in [2.75, 3.05) is 24.6 Å². The first-order chi connectivity index (χ1) is 6.91. The fourth-order valence-corrected chi connectivity index (χ4v) is 3.43. The van der Waals surface area contributed by atoms with Crippen molar-refractivity contribution >= 4 is 15.8 Å². The van der Waals surface area contributed by atoms with E-state index >= 15 is 0 Å². The summed E-state index contributed by atoms with van der Waals surface area (Å²) in [6.07, 6.45) is 0.650. The van der Waals surface area contributed by atoms with E-state index in [9.17, 15) is 13.2 Å². The third-order valence-electron chi connectivity index (χ3n) is 2.44. The van der Waals surface area contributed by atoms with Crippen LogP contribution in [0.4, 0.5) is 0 Å². The summed E-state index contributed by atoms with van der Waals surface area (Å²) in [5.74, 6) is -0.523. The lowest BCUT2D eigenvalue weighted by Crippen LogP contribution is -2.41. The highest BCUT2D eigenvalue weighted by atomic mass is 32.2. The molecule has 0 amide bonds. The van der Waals surface area contributed by atoms with Crippen molar-refractivity contribution < 1.29 is 18.3 Å². The minimum Gasteiger partial charge on any atom is -0.480 e. The zero-order chi connectivity index (χ0) is 11.5. The van der Waals surface area contributed by atoms with Crippen LogP contribution in [0.3, 0.4) is 0 Å². The van der Waals surface area contributed by atoms with Gasteiger partial charge in [-0.05, 0) is 18.9 Å². The van der Waals surface area contributed by atoms with Gasteiger partial charge < -0.3 is 16.2 Å². The van der Waals surface area contributed by atoms with Crippen molar-refractivity contribution in [3.8, 4) is 0 Å². The van der Waals surface area contributed by atoms with Crippen LogP contribution in [0.1, 0.15) is 6.42 Å². The van der Waals surface area contributed by atoms with Gasteiger partial charge in [-0.15, -0.1) is 0 Å². The molecule has 4 N–H and O–H groups in total. The SMILES string of the molecule is NC(CNCC1CCS(=O)(=O)C1)C(=O)O. The molecule has 6 nitrogen and oxygen atoms in total. The van der Waals surface area contributed by atoms with Crippen LogP contribution in [0, 0.1) is 5.92 Å². The second kappa shape index (κ2) is 4.91.